The second-order valence-corrected chi connectivity index (χ2v) is 7.77. The lowest BCUT2D eigenvalue weighted by molar-refractivity contribution is -0.160. The van der Waals surface area contributed by atoms with E-state index >= 15 is 0 Å². The van der Waals surface area contributed by atoms with Crippen LogP contribution in [-0.2, 0) is 14.3 Å². The first-order valence-corrected chi connectivity index (χ1v) is 10.5. The van der Waals surface area contributed by atoms with E-state index in [0.717, 1.165) is 11.1 Å². The average Bonchev–Trinajstić information content (AvgIpc) is 3.37. The number of H-pyrrole nitrogens is 1. The molecular formula is C26H20FN3O3. The molecule has 6 nitrogen and oxygen atoms in total. The summed E-state index contributed by atoms with van der Waals surface area (Å²) in [5.41, 5.74) is 4.40. The third-order valence-corrected chi connectivity index (χ3v) is 5.69. The van der Waals surface area contributed by atoms with Gasteiger partial charge in [0, 0.05) is 17.3 Å². The quantitative estimate of drug-likeness (QED) is 0.467. The fourth-order valence-electron chi connectivity index (χ4n) is 4.10. The van der Waals surface area contributed by atoms with E-state index in [4.69, 9.17) is 4.74 Å². The van der Waals surface area contributed by atoms with Crippen LogP contribution in [0, 0.1) is 5.82 Å². The molecule has 4 aromatic rings. The van der Waals surface area contributed by atoms with Gasteiger partial charge in [-0.25, -0.2) is 4.39 Å². The Balaban J connectivity index is 1.55. The minimum atomic E-state index is -0.740. The highest BCUT2D eigenvalue weighted by Gasteiger charge is 2.36. The number of halogens is 1. The van der Waals surface area contributed by atoms with Gasteiger partial charge >= 0.3 is 0 Å². The van der Waals surface area contributed by atoms with Crippen molar-refractivity contribution in [1.29, 1.82) is 0 Å². The van der Waals surface area contributed by atoms with Crippen molar-refractivity contribution < 1.29 is 18.7 Å². The van der Waals surface area contributed by atoms with E-state index in [1.54, 1.807) is 24.5 Å². The van der Waals surface area contributed by atoms with E-state index in [1.165, 1.54) is 11.0 Å². The van der Waals surface area contributed by atoms with Crippen LogP contribution >= 0.6 is 0 Å². The second-order valence-electron chi connectivity index (χ2n) is 7.77. The Morgan fingerprint density at radius 2 is 1.52 bits per heavy atom. The van der Waals surface area contributed by atoms with Crippen molar-refractivity contribution in [2.45, 2.75) is 6.04 Å². The Labute approximate surface area is 189 Å². The molecule has 2 amide bonds. The highest BCUT2D eigenvalue weighted by Crippen LogP contribution is 2.34. The Bertz CT molecular complexity index is 1270. The monoisotopic (exact) mass is 441 g/mol. The Morgan fingerprint density at radius 3 is 2.18 bits per heavy atom. The number of benzene rings is 3. The van der Waals surface area contributed by atoms with Gasteiger partial charge in [-0.1, -0.05) is 60.7 Å². The molecule has 1 N–H and O–H groups in total. The fraction of sp³-hybridized carbons (Fsp3) is 0.115. The molecule has 2 heterocycles. The van der Waals surface area contributed by atoms with Gasteiger partial charge in [-0.3, -0.25) is 19.6 Å². The third kappa shape index (κ3) is 4.06. The molecule has 7 heteroatoms. The first-order valence-electron chi connectivity index (χ1n) is 10.5. The molecule has 0 spiro atoms. The molecule has 0 bridgehead atoms. The van der Waals surface area contributed by atoms with Gasteiger partial charge < -0.3 is 4.74 Å². The summed E-state index contributed by atoms with van der Waals surface area (Å²) in [7, 11) is 0. The number of aromatic amines is 1. The van der Waals surface area contributed by atoms with Crippen molar-refractivity contribution in [3.63, 3.8) is 0 Å². The predicted molar refractivity (Wildman–Crippen MR) is 120 cm³/mol. The topological polar surface area (TPSA) is 75.3 Å². The Hall–Kier alpha value is -4.10. The molecule has 1 aliphatic heterocycles. The average molecular weight is 441 g/mol. The molecule has 1 aromatic heterocycles. The van der Waals surface area contributed by atoms with Crippen molar-refractivity contribution in [2.24, 2.45) is 0 Å². The molecule has 1 unspecified atom stereocenters. The normalized spacial score (nSPS) is 15.0. The second kappa shape index (κ2) is 8.80. The highest BCUT2D eigenvalue weighted by atomic mass is 19.1. The Morgan fingerprint density at radius 1 is 0.848 bits per heavy atom. The number of imide groups is 1. The number of nitrogens with one attached hydrogen (secondary N) is 1. The molecule has 1 atom stereocenters. The minimum Gasteiger partial charge on any atom is -0.362 e. The van der Waals surface area contributed by atoms with Gasteiger partial charge in [0.05, 0.1) is 12.2 Å². The molecule has 0 radical (unpaired) electrons. The van der Waals surface area contributed by atoms with Crippen LogP contribution in [0.15, 0.2) is 85.2 Å². The van der Waals surface area contributed by atoms with E-state index in [-0.39, 0.29) is 13.2 Å². The summed E-state index contributed by atoms with van der Waals surface area (Å²) in [5, 5.41) is 6.69. The van der Waals surface area contributed by atoms with Crippen LogP contribution < -0.4 is 0 Å². The van der Waals surface area contributed by atoms with Gasteiger partial charge in [0.25, 0.3) is 11.8 Å². The summed E-state index contributed by atoms with van der Waals surface area (Å²) in [6, 6.07) is 21.4. The van der Waals surface area contributed by atoms with E-state index in [2.05, 4.69) is 10.2 Å². The van der Waals surface area contributed by atoms with E-state index < -0.39 is 23.7 Å². The summed E-state index contributed by atoms with van der Waals surface area (Å²) < 4.78 is 20.0. The maximum absolute atomic E-state index is 14.9. The SMILES string of the molecule is O=C1COCC(=O)N1C(c1cn[nH]c1)c1ccc(F)c(-c2ccc(-c3ccccc3)cc2)c1. The highest BCUT2D eigenvalue weighted by molar-refractivity contribution is 5.99. The molecule has 0 saturated carbocycles. The molecule has 1 fully saturated rings. The Kier molecular flexibility index (Phi) is 5.54. The van der Waals surface area contributed by atoms with Crippen molar-refractivity contribution in [2.75, 3.05) is 13.2 Å². The summed E-state index contributed by atoms with van der Waals surface area (Å²) >= 11 is 0. The number of nitrogens with zero attached hydrogens (tertiary/aromatic N) is 2. The van der Waals surface area contributed by atoms with Crippen LogP contribution in [-0.4, -0.2) is 40.1 Å². The lowest BCUT2D eigenvalue weighted by Crippen LogP contribution is -2.48. The minimum absolute atomic E-state index is 0.185. The van der Waals surface area contributed by atoms with Crippen molar-refractivity contribution in [3.05, 3.63) is 102 Å². The third-order valence-electron chi connectivity index (χ3n) is 5.69. The van der Waals surface area contributed by atoms with Crippen LogP contribution in [0.3, 0.4) is 0 Å². The number of hydrogen-bond acceptors (Lipinski definition) is 4. The number of carbonyl (C=O) groups excluding carboxylic acids is 2. The molecule has 1 saturated heterocycles. The van der Waals surface area contributed by atoms with Crippen LogP contribution in [0.25, 0.3) is 22.3 Å². The molecule has 164 valence electrons. The molecule has 3 aromatic carbocycles. The molecule has 1 aliphatic rings. The zero-order chi connectivity index (χ0) is 22.8. The first kappa shape index (κ1) is 20.8. The van der Waals surface area contributed by atoms with Crippen LogP contribution in [0.2, 0.25) is 0 Å². The molecule has 0 aliphatic carbocycles. The van der Waals surface area contributed by atoms with Crippen molar-refractivity contribution >= 4 is 11.8 Å². The van der Waals surface area contributed by atoms with Gasteiger partial charge in [0.2, 0.25) is 0 Å². The zero-order valence-electron chi connectivity index (χ0n) is 17.6. The van der Waals surface area contributed by atoms with Crippen LogP contribution in [0.5, 0.6) is 0 Å². The smallest absolute Gasteiger partial charge is 0.256 e. The van der Waals surface area contributed by atoms with Gasteiger partial charge in [-0.05, 0) is 34.4 Å². The fourth-order valence-corrected chi connectivity index (χ4v) is 4.10. The zero-order valence-corrected chi connectivity index (χ0v) is 17.6. The van der Waals surface area contributed by atoms with E-state index in [9.17, 15) is 14.0 Å². The van der Waals surface area contributed by atoms with Gasteiger partial charge in [0.15, 0.2) is 0 Å². The lowest BCUT2D eigenvalue weighted by Gasteiger charge is -2.32. The standard InChI is InChI=1S/C26H20FN3O3/c27-23-11-10-20(26(21-13-28-29-14-21)30-24(31)15-33-16-25(30)32)12-22(23)19-8-6-18(7-9-19)17-4-2-1-3-5-17/h1-14,26H,15-16H2,(H,28,29). The maximum atomic E-state index is 14.9. The summed E-state index contributed by atoms with van der Waals surface area (Å²) in [4.78, 5) is 26.3. The number of ether oxygens (including phenoxy) is 1. The number of rotatable bonds is 5. The molecule has 33 heavy (non-hydrogen) atoms. The van der Waals surface area contributed by atoms with E-state index in [0.29, 0.717) is 22.3 Å². The number of carbonyl (C=O) groups is 2. The van der Waals surface area contributed by atoms with Gasteiger partial charge in [-0.2, -0.15) is 5.10 Å². The van der Waals surface area contributed by atoms with Crippen molar-refractivity contribution in [1.82, 2.24) is 15.1 Å². The first-order chi connectivity index (χ1) is 16.1. The number of hydrogen-bond donors (Lipinski definition) is 1. The van der Waals surface area contributed by atoms with Crippen molar-refractivity contribution in [3.8, 4) is 22.3 Å². The predicted octanol–water partition coefficient (Wildman–Crippen LogP) is 4.36. The number of amides is 2. The van der Waals surface area contributed by atoms with Crippen LogP contribution in [0.1, 0.15) is 17.2 Å². The number of morpholine rings is 1. The summed E-state index contributed by atoms with van der Waals surface area (Å²) in [6.07, 6.45) is 3.18. The maximum Gasteiger partial charge on any atom is 0.256 e. The molecule has 5 rings (SSSR count). The van der Waals surface area contributed by atoms with E-state index in [1.807, 2.05) is 54.6 Å². The lowest BCUT2D eigenvalue weighted by atomic mass is 9.94. The number of aromatic nitrogens is 2. The van der Waals surface area contributed by atoms with Gasteiger partial charge in [-0.15, -0.1) is 0 Å². The summed E-state index contributed by atoms with van der Waals surface area (Å²) in [5.74, 6) is -1.29. The summed E-state index contributed by atoms with van der Waals surface area (Å²) in [6.45, 7) is -0.371. The largest absolute Gasteiger partial charge is 0.362 e. The van der Waals surface area contributed by atoms with Crippen LogP contribution in [0.4, 0.5) is 4.39 Å². The van der Waals surface area contributed by atoms with Gasteiger partial charge in [0.1, 0.15) is 19.0 Å². The molecular weight excluding hydrogens is 421 g/mol.